The first-order valence-electron chi connectivity index (χ1n) is 6.51. The van der Waals surface area contributed by atoms with Gasteiger partial charge in [0.1, 0.15) is 5.75 Å². The molecule has 1 aromatic heterocycles. The maximum Gasteiger partial charge on any atom is 0.122 e. The molecule has 0 radical (unpaired) electrons. The van der Waals surface area contributed by atoms with Crippen molar-refractivity contribution in [3.63, 3.8) is 0 Å². The van der Waals surface area contributed by atoms with Crippen LogP contribution >= 0.6 is 11.3 Å². The highest BCUT2D eigenvalue weighted by Crippen LogP contribution is 2.35. The van der Waals surface area contributed by atoms with Gasteiger partial charge in [-0.15, -0.1) is 11.3 Å². The molecule has 0 spiro atoms. The second-order valence-electron chi connectivity index (χ2n) is 4.80. The van der Waals surface area contributed by atoms with Crippen LogP contribution in [0.3, 0.4) is 0 Å². The molecule has 0 saturated heterocycles. The minimum absolute atomic E-state index is 0.163. The predicted octanol–water partition coefficient (Wildman–Crippen LogP) is 2.54. The van der Waals surface area contributed by atoms with E-state index >= 15 is 0 Å². The molecule has 1 aromatic carbocycles. The number of aliphatic hydroxyl groups is 1. The largest absolute Gasteiger partial charge is 0.496 e. The lowest BCUT2D eigenvalue weighted by Crippen LogP contribution is -2.19. The lowest BCUT2D eigenvalue weighted by atomic mass is 9.92. The third-order valence-corrected chi connectivity index (χ3v) is 4.41. The molecule has 0 bridgehead atoms. The van der Waals surface area contributed by atoms with E-state index in [-0.39, 0.29) is 5.92 Å². The quantitative estimate of drug-likeness (QED) is 0.888. The van der Waals surface area contributed by atoms with Crippen LogP contribution in [0.25, 0.3) is 0 Å². The number of aromatic nitrogens is 1. The Bertz CT molecular complexity index is 583. The normalized spacial score (nSPS) is 14.1. The predicted molar refractivity (Wildman–Crippen MR) is 81.3 cm³/mol. The van der Waals surface area contributed by atoms with E-state index in [0.29, 0.717) is 6.54 Å². The monoisotopic (exact) mass is 292 g/mol. The first-order valence-corrected chi connectivity index (χ1v) is 7.33. The molecule has 4 nitrogen and oxygen atoms in total. The standard InChI is InChI=1S/C15H20N2O2S/c1-9-4-5-11(6-13(9)19-3)12(7-16)15(18)14-8-17-10(2)20-14/h4-6,8,12,15,18H,7,16H2,1-3H3. The average molecular weight is 292 g/mol. The summed E-state index contributed by atoms with van der Waals surface area (Å²) < 4.78 is 5.34. The molecule has 0 aliphatic carbocycles. The number of rotatable bonds is 5. The van der Waals surface area contributed by atoms with Crippen LogP contribution in [-0.4, -0.2) is 23.7 Å². The van der Waals surface area contributed by atoms with Gasteiger partial charge in [-0.05, 0) is 31.0 Å². The van der Waals surface area contributed by atoms with Gasteiger partial charge in [-0.25, -0.2) is 4.98 Å². The zero-order valence-electron chi connectivity index (χ0n) is 12.0. The molecule has 3 N–H and O–H groups in total. The molecule has 20 heavy (non-hydrogen) atoms. The summed E-state index contributed by atoms with van der Waals surface area (Å²) in [5, 5.41) is 11.5. The first-order chi connectivity index (χ1) is 9.56. The molecule has 0 saturated carbocycles. The Hall–Kier alpha value is -1.43. The van der Waals surface area contributed by atoms with Crippen molar-refractivity contribution in [3.05, 3.63) is 45.4 Å². The number of benzene rings is 1. The third kappa shape index (κ3) is 3.00. The number of ether oxygens (including phenoxy) is 1. The Kier molecular flexibility index (Phi) is 4.75. The van der Waals surface area contributed by atoms with Gasteiger partial charge in [0.05, 0.1) is 23.1 Å². The fourth-order valence-corrected chi connectivity index (χ4v) is 3.06. The fourth-order valence-electron chi connectivity index (χ4n) is 2.23. The van der Waals surface area contributed by atoms with Crippen LogP contribution in [0.1, 0.15) is 33.0 Å². The van der Waals surface area contributed by atoms with Crippen molar-refractivity contribution in [1.82, 2.24) is 4.98 Å². The molecule has 5 heteroatoms. The highest BCUT2D eigenvalue weighted by atomic mass is 32.1. The molecule has 0 fully saturated rings. The van der Waals surface area contributed by atoms with E-state index in [9.17, 15) is 5.11 Å². The number of nitrogens with zero attached hydrogens (tertiary/aromatic N) is 1. The van der Waals surface area contributed by atoms with Crippen LogP contribution in [0.4, 0.5) is 0 Å². The molecule has 2 atom stereocenters. The van der Waals surface area contributed by atoms with E-state index in [4.69, 9.17) is 10.5 Å². The van der Waals surface area contributed by atoms with Crippen molar-refractivity contribution < 1.29 is 9.84 Å². The van der Waals surface area contributed by atoms with Crippen LogP contribution in [0.15, 0.2) is 24.4 Å². The Morgan fingerprint density at radius 3 is 2.70 bits per heavy atom. The number of nitrogens with two attached hydrogens (primary N) is 1. The number of hydrogen-bond acceptors (Lipinski definition) is 5. The minimum atomic E-state index is -0.640. The Labute approximate surface area is 123 Å². The summed E-state index contributed by atoms with van der Waals surface area (Å²) >= 11 is 1.50. The molecule has 0 aliphatic rings. The molecule has 0 aliphatic heterocycles. The summed E-state index contributed by atoms with van der Waals surface area (Å²) in [6.07, 6.45) is 1.08. The van der Waals surface area contributed by atoms with E-state index in [1.165, 1.54) is 11.3 Å². The van der Waals surface area contributed by atoms with E-state index in [0.717, 1.165) is 26.8 Å². The van der Waals surface area contributed by atoms with Gasteiger partial charge in [-0.3, -0.25) is 0 Å². The smallest absolute Gasteiger partial charge is 0.122 e. The lowest BCUT2D eigenvalue weighted by Gasteiger charge is -2.21. The second-order valence-corrected chi connectivity index (χ2v) is 6.06. The maximum absolute atomic E-state index is 10.5. The summed E-state index contributed by atoms with van der Waals surface area (Å²) in [4.78, 5) is 5.03. The summed E-state index contributed by atoms with van der Waals surface area (Å²) in [6, 6.07) is 5.93. The van der Waals surface area contributed by atoms with Crippen LogP contribution < -0.4 is 10.5 Å². The highest BCUT2D eigenvalue weighted by Gasteiger charge is 2.24. The van der Waals surface area contributed by atoms with Gasteiger partial charge < -0.3 is 15.6 Å². The number of thiazole rings is 1. The van der Waals surface area contributed by atoms with Crippen LogP contribution in [0.5, 0.6) is 5.75 Å². The number of aryl methyl sites for hydroxylation is 2. The third-order valence-electron chi connectivity index (χ3n) is 3.43. The van der Waals surface area contributed by atoms with Crippen LogP contribution in [0, 0.1) is 13.8 Å². The Morgan fingerprint density at radius 1 is 1.40 bits per heavy atom. The summed E-state index contributed by atoms with van der Waals surface area (Å²) in [7, 11) is 1.65. The SMILES string of the molecule is COc1cc(C(CN)C(O)c2cnc(C)s2)ccc1C. The second kappa shape index (κ2) is 6.35. The van der Waals surface area contributed by atoms with Gasteiger partial charge >= 0.3 is 0 Å². The topological polar surface area (TPSA) is 68.4 Å². The van der Waals surface area contributed by atoms with Gasteiger partial charge in [0.25, 0.3) is 0 Å². The van der Waals surface area contributed by atoms with Gasteiger partial charge in [0.15, 0.2) is 0 Å². The molecule has 2 unspecified atom stereocenters. The summed E-state index contributed by atoms with van der Waals surface area (Å²) in [5.74, 6) is 0.651. The van der Waals surface area contributed by atoms with Crippen molar-refractivity contribution in [1.29, 1.82) is 0 Å². The van der Waals surface area contributed by atoms with E-state index in [1.54, 1.807) is 13.3 Å². The van der Waals surface area contributed by atoms with Crippen LogP contribution in [0.2, 0.25) is 0 Å². The van der Waals surface area contributed by atoms with Crippen molar-refractivity contribution in [2.45, 2.75) is 25.9 Å². The Balaban J connectivity index is 2.32. The van der Waals surface area contributed by atoms with Gasteiger partial charge in [-0.1, -0.05) is 12.1 Å². The Morgan fingerprint density at radius 2 is 2.15 bits per heavy atom. The molecule has 2 rings (SSSR count). The molecule has 108 valence electrons. The highest BCUT2D eigenvalue weighted by molar-refractivity contribution is 7.11. The zero-order chi connectivity index (χ0) is 14.7. The molecule has 2 aromatic rings. The van der Waals surface area contributed by atoms with Crippen molar-refractivity contribution in [3.8, 4) is 5.75 Å². The van der Waals surface area contributed by atoms with Gasteiger partial charge in [0.2, 0.25) is 0 Å². The minimum Gasteiger partial charge on any atom is -0.496 e. The molecular formula is C15H20N2O2S. The van der Waals surface area contributed by atoms with Crippen molar-refractivity contribution >= 4 is 11.3 Å². The number of hydrogen-bond donors (Lipinski definition) is 2. The average Bonchev–Trinajstić information content (AvgIpc) is 2.88. The zero-order valence-corrected chi connectivity index (χ0v) is 12.8. The fraction of sp³-hybridized carbons (Fsp3) is 0.400. The lowest BCUT2D eigenvalue weighted by molar-refractivity contribution is 0.151. The molecule has 0 amide bonds. The summed E-state index contributed by atoms with van der Waals surface area (Å²) in [6.45, 7) is 4.28. The van der Waals surface area contributed by atoms with Gasteiger partial charge in [-0.2, -0.15) is 0 Å². The number of methoxy groups -OCH3 is 1. The molecule has 1 heterocycles. The van der Waals surface area contributed by atoms with Crippen molar-refractivity contribution in [2.24, 2.45) is 5.73 Å². The van der Waals surface area contributed by atoms with Gasteiger partial charge in [0, 0.05) is 18.7 Å². The van der Waals surface area contributed by atoms with E-state index in [1.807, 2.05) is 32.0 Å². The van der Waals surface area contributed by atoms with Crippen LogP contribution in [-0.2, 0) is 0 Å². The van der Waals surface area contributed by atoms with Crippen molar-refractivity contribution in [2.75, 3.05) is 13.7 Å². The summed E-state index contributed by atoms with van der Waals surface area (Å²) in [5.41, 5.74) is 7.91. The van der Waals surface area contributed by atoms with E-state index in [2.05, 4.69) is 4.98 Å². The molecular weight excluding hydrogens is 272 g/mol. The first kappa shape index (κ1) is 15.0. The maximum atomic E-state index is 10.5. The number of aliphatic hydroxyl groups excluding tert-OH is 1. The van der Waals surface area contributed by atoms with E-state index < -0.39 is 6.10 Å².